The Hall–Kier alpha value is -3.26. The Morgan fingerprint density at radius 2 is 1.86 bits per heavy atom. The van der Waals surface area contributed by atoms with Crippen molar-refractivity contribution in [2.45, 2.75) is 38.6 Å². The predicted molar refractivity (Wildman–Crippen MR) is 110 cm³/mol. The van der Waals surface area contributed by atoms with Gasteiger partial charge in [0.1, 0.15) is 17.4 Å². The number of nitrogens with zero attached hydrogens (tertiary/aromatic N) is 1. The molecule has 0 spiro atoms. The van der Waals surface area contributed by atoms with Crippen LogP contribution in [-0.2, 0) is 17.6 Å². The number of nitriles is 1. The van der Waals surface area contributed by atoms with Crippen molar-refractivity contribution in [3.63, 3.8) is 0 Å². The third-order valence-electron chi connectivity index (χ3n) is 5.06. The molecule has 2 aromatic carbocycles. The highest BCUT2D eigenvalue weighted by molar-refractivity contribution is 6.06. The van der Waals surface area contributed by atoms with Crippen LogP contribution in [-0.4, -0.2) is 13.0 Å². The molecule has 0 saturated carbocycles. The third-order valence-corrected chi connectivity index (χ3v) is 5.06. The number of benzene rings is 2. The van der Waals surface area contributed by atoms with Crippen LogP contribution in [0.1, 0.15) is 42.5 Å². The molecule has 3 rings (SSSR count). The van der Waals surface area contributed by atoms with E-state index in [4.69, 9.17) is 4.74 Å². The van der Waals surface area contributed by atoms with Gasteiger partial charge in [-0.1, -0.05) is 18.2 Å². The molecule has 5 heteroatoms. The molecular weight excluding hydrogens is 350 g/mol. The van der Waals surface area contributed by atoms with Crippen LogP contribution >= 0.6 is 0 Å². The van der Waals surface area contributed by atoms with Crippen molar-refractivity contribution in [2.75, 3.05) is 12.4 Å². The van der Waals surface area contributed by atoms with Crippen LogP contribution in [0, 0.1) is 11.3 Å². The van der Waals surface area contributed by atoms with Crippen LogP contribution in [0.25, 0.3) is 0 Å². The molecule has 0 bridgehead atoms. The lowest BCUT2D eigenvalue weighted by Gasteiger charge is -2.19. The maximum absolute atomic E-state index is 12.4. The Balaban J connectivity index is 1.64. The smallest absolute Gasteiger partial charge is 0.267 e. The maximum Gasteiger partial charge on any atom is 0.267 e. The maximum atomic E-state index is 12.4. The summed E-state index contributed by atoms with van der Waals surface area (Å²) in [6.45, 7) is 2.03. The van der Waals surface area contributed by atoms with Crippen molar-refractivity contribution < 1.29 is 9.53 Å². The van der Waals surface area contributed by atoms with Crippen LogP contribution in [0.15, 0.2) is 54.2 Å². The highest BCUT2D eigenvalue weighted by Crippen LogP contribution is 2.25. The van der Waals surface area contributed by atoms with Crippen LogP contribution in [0.2, 0.25) is 0 Å². The first-order chi connectivity index (χ1) is 13.6. The first-order valence-corrected chi connectivity index (χ1v) is 9.54. The Labute approximate surface area is 166 Å². The molecule has 1 atom stereocenters. The summed E-state index contributed by atoms with van der Waals surface area (Å²) in [6, 6.07) is 15.5. The highest BCUT2D eigenvalue weighted by Gasteiger charge is 2.13. The second kappa shape index (κ2) is 9.09. The van der Waals surface area contributed by atoms with E-state index in [0.717, 1.165) is 18.4 Å². The molecule has 2 aromatic rings. The number of hydrogen-bond acceptors (Lipinski definition) is 4. The predicted octanol–water partition coefficient (Wildman–Crippen LogP) is 4.27. The van der Waals surface area contributed by atoms with Gasteiger partial charge in [0, 0.05) is 17.9 Å². The van der Waals surface area contributed by atoms with E-state index in [1.165, 1.54) is 30.2 Å². The van der Waals surface area contributed by atoms with E-state index in [-0.39, 0.29) is 11.6 Å². The molecule has 5 nitrogen and oxygen atoms in total. The summed E-state index contributed by atoms with van der Waals surface area (Å²) in [4.78, 5) is 12.4. The molecule has 2 N–H and O–H groups in total. The molecule has 144 valence electrons. The summed E-state index contributed by atoms with van der Waals surface area (Å²) in [5.74, 6) is 0.257. The monoisotopic (exact) mass is 375 g/mol. The van der Waals surface area contributed by atoms with Gasteiger partial charge in [-0.25, -0.2) is 0 Å². The number of methoxy groups -OCH3 is 1. The molecule has 0 radical (unpaired) electrons. The zero-order valence-electron chi connectivity index (χ0n) is 16.3. The quantitative estimate of drug-likeness (QED) is 0.584. The van der Waals surface area contributed by atoms with Crippen molar-refractivity contribution >= 4 is 11.6 Å². The van der Waals surface area contributed by atoms with Crippen molar-refractivity contribution in [1.29, 1.82) is 5.26 Å². The van der Waals surface area contributed by atoms with Gasteiger partial charge in [-0.3, -0.25) is 4.79 Å². The van der Waals surface area contributed by atoms with E-state index in [1.807, 2.05) is 13.0 Å². The van der Waals surface area contributed by atoms with E-state index in [1.54, 1.807) is 31.4 Å². The molecule has 1 unspecified atom stereocenters. The average Bonchev–Trinajstić information content (AvgIpc) is 2.74. The SMILES string of the molecule is COc1ccc(NC(=O)/C(C#N)=C\NC(C)c2ccc3c(c2)CCCC3)cc1. The van der Waals surface area contributed by atoms with Gasteiger partial charge in [0.2, 0.25) is 0 Å². The number of ether oxygens (including phenoxy) is 1. The van der Waals surface area contributed by atoms with E-state index in [2.05, 4.69) is 28.8 Å². The highest BCUT2D eigenvalue weighted by atomic mass is 16.5. The largest absolute Gasteiger partial charge is 0.497 e. The third kappa shape index (κ3) is 4.72. The summed E-state index contributed by atoms with van der Waals surface area (Å²) >= 11 is 0. The Bertz CT molecular complexity index is 910. The van der Waals surface area contributed by atoms with Crippen LogP contribution in [0.3, 0.4) is 0 Å². The standard InChI is InChI=1S/C23H25N3O2/c1-16(18-8-7-17-5-3-4-6-19(17)13-18)25-15-20(14-24)23(27)26-21-9-11-22(28-2)12-10-21/h7-13,15-16,25H,3-6H2,1-2H3,(H,26,27)/b20-15-. The van der Waals surface area contributed by atoms with E-state index >= 15 is 0 Å². The molecule has 0 fully saturated rings. The van der Waals surface area contributed by atoms with Gasteiger partial charge in [0.05, 0.1) is 7.11 Å². The van der Waals surface area contributed by atoms with Gasteiger partial charge in [-0.15, -0.1) is 0 Å². The molecular formula is C23H25N3O2. The van der Waals surface area contributed by atoms with Gasteiger partial charge in [-0.05, 0) is 73.6 Å². The lowest BCUT2D eigenvalue weighted by Crippen LogP contribution is -2.19. The molecule has 1 aliphatic carbocycles. The number of aryl methyl sites for hydroxylation is 2. The first kappa shape index (κ1) is 19.5. The fourth-order valence-electron chi connectivity index (χ4n) is 3.35. The van der Waals surface area contributed by atoms with E-state index in [0.29, 0.717) is 11.4 Å². The lowest BCUT2D eigenvalue weighted by atomic mass is 9.89. The fourth-order valence-corrected chi connectivity index (χ4v) is 3.35. The van der Waals surface area contributed by atoms with Gasteiger partial charge < -0.3 is 15.4 Å². The Kier molecular flexibility index (Phi) is 6.33. The average molecular weight is 375 g/mol. The first-order valence-electron chi connectivity index (χ1n) is 9.54. The van der Waals surface area contributed by atoms with Gasteiger partial charge in [0.25, 0.3) is 5.91 Å². The summed E-state index contributed by atoms with van der Waals surface area (Å²) < 4.78 is 5.10. The molecule has 0 aliphatic heterocycles. The number of fused-ring (bicyclic) bond motifs is 1. The minimum absolute atomic E-state index is 0.00404. The summed E-state index contributed by atoms with van der Waals surface area (Å²) in [5, 5.41) is 15.3. The number of hydrogen-bond donors (Lipinski definition) is 2. The molecule has 0 heterocycles. The molecule has 0 saturated heterocycles. The number of anilines is 1. The second-order valence-corrected chi connectivity index (χ2v) is 6.98. The lowest BCUT2D eigenvalue weighted by molar-refractivity contribution is -0.112. The van der Waals surface area contributed by atoms with Crippen molar-refractivity contribution in [3.05, 3.63) is 70.9 Å². The molecule has 1 aliphatic rings. The van der Waals surface area contributed by atoms with Crippen molar-refractivity contribution in [2.24, 2.45) is 0 Å². The van der Waals surface area contributed by atoms with Crippen molar-refractivity contribution in [1.82, 2.24) is 5.32 Å². The van der Waals surface area contributed by atoms with Crippen LogP contribution in [0.4, 0.5) is 5.69 Å². The molecule has 0 aromatic heterocycles. The van der Waals surface area contributed by atoms with E-state index < -0.39 is 5.91 Å². The van der Waals surface area contributed by atoms with Crippen molar-refractivity contribution in [3.8, 4) is 11.8 Å². The minimum Gasteiger partial charge on any atom is -0.497 e. The number of nitrogens with one attached hydrogen (secondary N) is 2. The second-order valence-electron chi connectivity index (χ2n) is 6.98. The van der Waals surface area contributed by atoms with Gasteiger partial charge >= 0.3 is 0 Å². The van der Waals surface area contributed by atoms with Crippen LogP contribution in [0.5, 0.6) is 5.75 Å². The topological polar surface area (TPSA) is 74.1 Å². The van der Waals surface area contributed by atoms with Crippen LogP contribution < -0.4 is 15.4 Å². The minimum atomic E-state index is -0.446. The van der Waals surface area contributed by atoms with Gasteiger partial charge in [0.15, 0.2) is 0 Å². The Morgan fingerprint density at radius 3 is 2.54 bits per heavy atom. The van der Waals surface area contributed by atoms with E-state index in [9.17, 15) is 10.1 Å². The molecule has 28 heavy (non-hydrogen) atoms. The number of rotatable bonds is 6. The Morgan fingerprint density at radius 1 is 1.14 bits per heavy atom. The fraction of sp³-hybridized carbons (Fsp3) is 0.304. The summed E-state index contributed by atoms with van der Waals surface area (Å²) in [5.41, 5.74) is 4.65. The zero-order valence-corrected chi connectivity index (χ0v) is 16.3. The number of carbonyl (C=O) groups excluding carboxylic acids is 1. The van der Waals surface area contributed by atoms with Gasteiger partial charge in [-0.2, -0.15) is 5.26 Å². The normalized spacial score (nSPS) is 14.4. The summed E-state index contributed by atoms with van der Waals surface area (Å²) in [7, 11) is 1.58. The molecule has 1 amide bonds. The number of carbonyl (C=O) groups is 1. The zero-order chi connectivity index (χ0) is 19.9. The number of amides is 1. The summed E-state index contributed by atoms with van der Waals surface area (Å²) in [6.07, 6.45) is 6.27.